The first-order valence-electron chi connectivity index (χ1n) is 4.14. The Balaban J connectivity index is 2.45. The van der Waals surface area contributed by atoms with Gasteiger partial charge in [-0.1, -0.05) is 19.8 Å². The van der Waals surface area contributed by atoms with Crippen LogP contribution in [0.2, 0.25) is 0 Å². The SMILES string of the molecule is CNC1(N)CCCC(C)C1. The quantitative estimate of drug-likeness (QED) is 0.537. The van der Waals surface area contributed by atoms with Gasteiger partial charge in [-0.25, -0.2) is 0 Å². The normalized spacial score (nSPS) is 41.7. The lowest BCUT2D eigenvalue weighted by Crippen LogP contribution is -2.54. The van der Waals surface area contributed by atoms with Crippen LogP contribution in [0.15, 0.2) is 0 Å². The van der Waals surface area contributed by atoms with E-state index in [2.05, 4.69) is 12.2 Å². The molecular weight excluding hydrogens is 124 g/mol. The Morgan fingerprint density at radius 1 is 1.60 bits per heavy atom. The molecule has 0 aromatic rings. The fourth-order valence-corrected chi connectivity index (χ4v) is 1.82. The Bertz CT molecular complexity index is 114. The second kappa shape index (κ2) is 2.89. The van der Waals surface area contributed by atoms with Crippen LogP contribution < -0.4 is 11.1 Å². The van der Waals surface area contributed by atoms with E-state index in [1.165, 1.54) is 12.8 Å². The molecule has 2 nitrogen and oxygen atoms in total. The maximum absolute atomic E-state index is 6.04. The summed E-state index contributed by atoms with van der Waals surface area (Å²) in [6, 6.07) is 0. The molecular formula is C8H18N2. The molecule has 3 N–H and O–H groups in total. The monoisotopic (exact) mass is 142 g/mol. The van der Waals surface area contributed by atoms with E-state index in [9.17, 15) is 0 Å². The van der Waals surface area contributed by atoms with Crippen molar-refractivity contribution in [3.8, 4) is 0 Å². The molecule has 0 heterocycles. The van der Waals surface area contributed by atoms with E-state index in [4.69, 9.17) is 5.73 Å². The van der Waals surface area contributed by atoms with Gasteiger partial charge in [0.25, 0.3) is 0 Å². The summed E-state index contributed by atoms with van der Waals surface area (Å²) in [4.78, 5) is 0. The van der Waals surface area contributed by atoms with Crippen LogP contribution in [0.25, 0.3) is 0 Å². The van der Waals surface area contributed by atoms with E-state index in [-0.39, 0.29) is 5.66 Å². The third-order valence-corrected chi connectivity index (χ3v) is 2.53. The molecule has 0 spiro atoms. The Labute approximate surface area is 63.2 Å². The molecule has 1 saturated carbocycles. The van der Waals surface area contributed by atoms with Gasteiger partial charge in [0, 0.05) is 0 Å². The first-order chi connectivity index (χ1) is 4.66. The first kappa shape index (κ1) is 8.02. The highest BCUT2D eigenvalue weighted by Crippen LogP contribution is 2.27. The van der Waals surface area contributed by atoms with Crippen molar-refractivity contribution < 1.29 is 0 Å². The van der Waals surface area contributed by atoms with E-state index in [0.717, 1.165) is 18.8 Å². The molecule has 0 saturated heterocycles. The molecule has 2 heteroatoms. The Kier molecular flexibility index (Phi) is 2.32. The van der Waals surface area contributed by atoms with Gasteiger partial charge in [-0.3, -0.25) is 0 Å². The van der Waals surface area contributed by atoms with Crippen molar-refractivity contribution in [2.75, 3.05) is 7.05 Å². The average Bonchev–Trinajstić information content (AvgIpc) is 1.88. The van der Waals surface area contributed by atoms with Crippen molar-refractivity contribution in [2.24, 2.45) is 11.7 Å². The standard InChI is InChI=1S/C8H18N2/c1-7-4-3-5-8(9,6-7)10-2/h7,10H,3-6,9H2,1-2H3. The molecule has 0 aromatic heterocycles. The van der Waals surface area contributed by atoms with Gasteiger partial charge in [0.1, 0.15) is 0 Å². The van der Waals surface area contributed by atoms with E-state index in [1.807, 2.05) is 7.05 Å². The molecule has 1 aliphatic rings. The van der Waals surface area contributed by atoms with Crippen LogP contribution in [-0.4, -0.2) is 12.7 Å². The lowest BCUT2D eigenvalue weighted by molar-refractivity contribution is 0.205. The summed E-state index contributed by atoms with van der Waals surface area (Å²) in [5.74, 6) is 0.797. The first-order valence-corrected chi connectivity index (χ1v) is 4.14. The van der Waals surface area contributed by atoms with E-state index >= 15 is 0 Å². The van der Waals surface area contributed by atoms with Gasteiger partial charge in [0.15, 0.2) is 0 Å². The molecule has 0 aromatic carbocycles. The third kappa shape index (κ3) is 1.70. The number of nitrogens with two attached hydrogens (primary N) is 1. The van der Waals surface area contributed by atoms with Crippen LogP contribution in [-0.2, 0) is 0 Å². The Morgan fingerprint density at radius 2 is 2.30 bits per heavy atom. The summed E-state index contributed by atoms with van der Waals surface area (Å²) in [5, 5.41) is 3.19. The van der Waals surface area contributed by atoms with Crippen molar-refractivity contribution in [1.29, 1.82) is 0 Å². The number of hydrogen-bond acceptors (Lipinski definition) is 2. The van der Waals surface area contributed by atoms with Crippen molar-refractivity contribution >= 4 is 0 Å². The second-order valence-corrected chi connectivity index (χ2v) is 3.61. The highest BCUT2D eigenvalue weighted by Gasteiger charge is 2.28. The molecule has 2 atom stereocenters. The minimum absolute atomic E-state index is 0.0579. The third-order valence-electron chi connectivity index (χ3n) is 2.53. The predicted octanol–water partition coefficient (Wildman–Crippen LogP) is 1.07. The molecule has 60 valence electrons. The van der Waals surface area contributed by atoms with Gasteiger partial charge in [-0.05, 0) is 25.8 Å². The number of hydrogen-bond donors (Lipinski definition) is 2. The van der Waals surface area contributed by atoms with Gasteiger partial charge in [-0.15, -0.1) is 0 Å². The highest BCUT2D eigenvalue weighted by molar-refractivity contribution is 4.85. The van der Waals surface area contributed by atoms with Gasteiger partial charge in [0.2, 0.25) is 0 Å². The van der Waals surface area contributed by atoms with E-state index < -0.39 is 0 Å². The minimum atomic E-state index is -0.0579. The minimum Gasteiger partial charge on any atom is -0.313 e. The van der Waals surface area contributed by atoms with E-state index in [0.29, 0.717) is 0 Å². The summed E-state index contributed by atoms with van der Waals surface area (Å²) in [5.41, 5.74) is 5.98. The molecule has 10 heavy (non-hydrogen) atoms. The molecule has 0 bridgehead atoms. The smallest absolute Gasteiger partial charge is 0.0662 e. The maximum Gasteiger partial charge on any atom is 0.0662 e. The molecule has 0 aliphatic heterocycles. The number of rotatable bonds is 1. The highest BCUT2D eigenvalue weighted by atomic mass is 15.1. The Hall–Kier alpha value is -0.0800. The summed E-state index contributed by atoms with van der Waals surface area (Å²) < 4.78 is 0. The predicted molar refractivity (Wildman–Crippen MR) is 43.6 cm³/mol. The molecule has 0 radical (unpaired) electrons. The molecule has 1 fully saturated rings. The van der Waals surface area contributed by atoms with Crippen LogP contribution in [0.3, 0.4) is 0 Å². The maximum atomic E-state index is 6.04. The Morgan fingerprint density at radius 3 is 2.70 bits per heavy atom. The van der Waals surface area contributed by atoms with Crippen molar-refractivity contribution in [3.05, 3.63) is 0 Å². The van der Waals surface area contributed by atoms with Crippen LogP contribution in [0, 0.1) is 5.92 Å². The fraction of sp³-hybridized carbons (Fsp3) is 1.00. The molecule has 0 amide bonds. The van der Waals surface area contributed by atoms with Crippen molar-refractivity contribution in [1.82, 2.24) is 5.32 Å². The summed E-state index contributed by atoms with van der Waals surface area (Å²) in [7, 11) is 1.96. The lowest BCUT2D eigenvalue weighted by Gasteiger charge is -2.36. The molecule has 2 unspecified atom stereocenters. The van der Waals surface area contributed by atoms with Crippen molar-refractivity contribution in [2.45, 2.75) is 38.3 Å². The topological polar surface area (TPSA) is 38.0 Å². The van der Waals surface area contributed by atoms with Gasteiger partial charge >= 0.3 is 0 Å². The summed E-state index contributed by atoms with van der Waals surface area (Å²) >= 11 is 0. The zero-order valence-corrected chi connectivity index (χ0v) is 6.98. The van der Waals surface area contributed by atoms with Gasteiger partial charge < -0.3 is 11.1 Å². The zero-order valence-electron chi connectivity index (χ0n) is 6.98. The molecule has 1 aliphatic carbocycles. The van der Waals surface area contributed by atoms with Crippen LogP contribution in [0.1, 0.15) is 32.6 Å². The van der Waals surface area contributed by atoms with Gasteiger partial charge in [0.05, 0.1) is 5.66 Å². The fourth-order valence-electron chi connectivity index (χ4n) is 1.82. The average molecular weight is 142 g/mol. The van der Waals surface area contributed by atoms with Gasteiger partial charge in [-0.2, -0.15) is 0 Å². The molecule has 1 rings (SSSR count). The number of nitrogens with one attached hydrogen (secondary N) is 1. The van der Waals surface area contributed by atoms with Crippen LogP contribution in [0.4, 0.5) is 0 Å². The van der Waals surface area contributed by atoms with Crippen LogP contribution in [0.5, 0.6) is 0 Å². The lowest BCUT2D eigenvalue weighted by atomic mass is 9.83. The summed E-state index contributed by atoms with van der Waals surface area (Å²) in [6.07, 6.45) is 4.89. The second-order valence-electron chi connectivity index (χ2n) is 3.61. The summed E-state index contributed by atoms with van der Waals surface area (Å²) in [6.45, 7) is 2.28. The zero-order chi connectivity index (χ0) is 7.61. The largest absolute Gasteiger partial charge is 0.313 e. The van der Waals surface area contributed by atoms with E-state index in [1.54, 1.807) is 0 Å². The van der Waals surface area contributed by atoms with Crippen molar-refractivity contribution in [3.63, 3.8) is 0 Å². The van der Waals surface area contributed by atoms with Crippen LogP contribution >= 0.6 is 0 Å².